The van der Waals surface area contributed by atoms with Crippen LogP contribution in [-0.2, 0) is 0 Å². The fourth-order valence-corrected chi connectivity index (χ4v) is 1.46. The smallest absolute Gasteiger partial charge is 0.314 e. The molecule has 3 nitrogen and oxygen atoms in total. The molecule has 2 rings (SSSR count). The van der Waals surface area contributed by atoms with E-state index in [-0.39, 0.29) is 5.89 Å². The second-order valence-corrected chi connectivity index (χ2v) is 3.04. The number of rotatable bonds is 2. The minimum absolute atomic E-state index is 0.136. The molecular weight excluding hydrogens is 198 g/mol. The molecule has 0 atom stereocenters. The van der Waals surface area contributed by atoms with Crippen molar-refractivity contribution < 1.29 is 13.2 Å². The van der Waals surface area contributed by atoms with Crippen molar-refractivity contribution in [3.8, 4) is 11.5 Å². The first-order valence-corrected chi connectivity index (χ1v) is 4.36. The molecule has 0 saturated heterocycles. The van der Waals surface area contributed by atoms with Gasteiger partial charge in [0.05, 0.1) is 0 Å². The first-order valence-electron chi connectivity index (χ1n) is 3.41. The summed E-state index contributed by atoms with van der Waals surface area (Å²) < 4.78 is 28.8. The summed E-state index contributed by atoms with van der Waals surface area (Å²) in [5, 5.41) is 10.3. The van der Waals surface area contributed by atoms with Crippen molar-refractivity contribution in [2.45, 2.75) is 6.43 Å². The highest BCUT2D eigenvalue weighted by Gasteiger charge is 2.16. The monoisotopic (exact) mass is 202 g/mol. The van der Waals surface area contributed by atoms with Crippen LogP contribution >= 0.6 is 11.3 Å². The highest BCUT2D eigenvalue weighted by Crippen LogP contribution is 2.24. The summed E-state index contributed by atoms with van der Waals surface area (Å²) in [7, 11) is 0. The molecule has 0 saturated carbocycles. The van der Waals surface area contributed by atoms with Crippen molar-refractivity contribution >= 4 is 11.3 Å². The van der Waals surface area contributed by atoms with Gasteiger partial charge in [-0.25, -0.2) is 0 Å². The van der Waals surface area contributed by atoms with Crippen LogP contribution in [0.25, 0.3) is 11.5 Å². The summed E-state index contributed by atoms with van der Waals surface area (Å²) in [6, 6.07) is 1.73. The molecule has 13 heavy (non-hydrogen) atoms. The lowest BCUT2D eigenvalue weighted by Gasteiger charge is -1.87. The molecule has 2 heterocycles. The molecule has 0 aliphatic carbocycles. The molecule has 0 spiro atoms. The Bertz CT molecular complexity index is 385. The molecule has 0 amide bonds. The van der Waals surface area contributed by atoms with Gasteiger partial charge in [-0.1, -0.05) is 0 Å². The van der Waals surface area contributed by atoms with Gasteiger partial charge in [0.25, 0.3) is 5.89 Å². The number of alkyl halides is 2. The fourth-order valence-electron chi connectivity index (χ4n) is 0.826. The summed E-state index contributed by atoms with van der Waals surface area (Å²) in [5.41, 5.74) is 0.671. The number of hydrogen-bond donors (Lipinski definition) is 0. The highest BCUT2D eigenvalue weighted by molar-refractivity contribution is 7.08. The largest absolute Gasteiger partial charge is 0.415 e. The van der Waals surface area contributed by atoms with E-state index in [0.717, 1.165) is 0 Å². The Morgan fingerprint density at radius 3 is 2.77 bits per heavy atom. The van der Waals surface area contributed by atoms with Crippen molar-refractivity contribution in [2.24, 2.45) is 0 Å². The number of hydrogen-bond acceptors (Lipinski definition) is 4. The maximum absolute atomic E-state index is 12.0. The molecule has 2 aromatic rings. The maximum atomic E-state index is 12.0. The van der Waals surface area contributed by atoms with Crippen LogP contribution in [0, 0.1) is 0 Å². The van der Waals surface area contributed by atoms with Crippen LogP contribution in [0.5, 0.6) is 0 Å². The molecule has 0 aliphatic rings. The van der Waals surface area contributed by atoms with Gasteiger partial charge in [0.1, 0.15) is 0 Å². The van der Waals surface area contributed by atoms with E-state index in [1.807, 2.05) is 5.38 Å². The minimum Gasteiger partial charge on any atom is -0.415 e. The minimum atomic E-state index is -2.71. The van der Waals surface area contributed by atoms with Crippen LogP contribution in [0.4, 0.5) is 8.78 Å². The van der Waals surface area contributed by atoms with Crippen molar-refractivity contribution in [1.82, 2.24) is 10.2 Å². The van der Waals surface area contributed by atoms with Crippen molar-refractivity contribution in [3.63, 3.8) is 0 Å². The zero-order chi connectivity index (χ0) is 9.26. The molecule has 0 unspecified atom stereocenters. The molecule has 0 fully saturated rings. The number of halogens is 2. The molecule has 2 aromatic heterocycles. The van der Waals surface area contributed by atoms with Gasteiger partial charge < -0.3 is 4.42 Å². The van der Waals surface area contributed by atoms with Crippen molar-refractivity contribution in [3.05, 3.63) is 22.7 Å². The Kier molecular flexibility index (Phi) is 2.05. The maximum Gasteiger partial charge on any atom is 0.314 e. The highest BCUT2D eigenvalue weighted by atomic mass is 32.1. The third-order valence-corrected chi connectivity index (χ3v) is 2.08. The third kappa shape index (κ3) is 1.57. The lowest BCUT2D eigenvalue weighted by atomic mass is 10.3. The lowest BCUT2D eigenvalue weighted by Crippen LogP contribution is -1.81. The summed E-state index contributed by atoms with van der Waals surface area (Å²) >= 11 is 1.44. The van der Waals surface area contributed by atoms with E-state index in [1.54, 1.807) is 11.4 Å². The fraction of sp³-hybridized carbons (Fsp3) is 0.143. The van der Waals surface area contributed by atoms with Gasteiger partial charge in [-0.2, -0.15) is 20.1 Å². The summed E-state index contributed by atoms with van der Waals surface area (Å²) in [5.74, 6) is -0.502. The van der Waals surface area contributed by atoms with Gasteiger partial charge in [0.15, 0.2) is 0 Å². The van der Waals surface area contributed by atoms with E-state index in [2.05, 4.69) is 10.2 Å². The standard InChI is InChI=1S/C7H4F2N2OS/c8-5(9)7-11-10-6(12-7)4-1-2-13-3-4/h1-3,5H. The predicted octanol–water partition coefficient (Wildman–Crippen LogP) is 2.74. The zero-order valence-electron chi connectivity index (χ0n) is 6.28. The predicted molar refractivity (Wildman–Crippen MR) is 42.6 cm³/mol. The number of thiophene rings is 1. The van der Waals surface area contributed by atoms with E-state index >= 15 is 0 Å². The van der Waals surface area contributed by atoms with E-state index < -0.39 is 12.3 Å². The van der Waals surface area contributed by atoms with Crippen LogP contribution in [0.1, 0.15) is 12.3 Å². The molecule has 0 radical (unpaired) electrons. The Balaban J connectivity index is 2.33. The Hall–Kier alpha value is -1.30. The summed E-state index contributed by atoms with van der Waals surface area (Å²) in [6.45, 7) is 0. The van der Waals surface area contributed by atoms with Gasteiger partial charge in [-0.15, -0.1) is 10.2 Å². The Labute approximate surface area is 76.0 Å². The Morgan fingerprint density at radius 1 is 1.38 bits per heavy atom. The third-order valence-electron chi connectivity index (χ3n) is 1.40. The molecule has 6 heteroatoms. The second kappa shape index (κ2) is 3.21. The van der Waals surface area contributed by atoms with Crippen LogP contribution in [0.15, 0.2) is 21.2 Å². The van der Waals surface area contributed by atoms with E-state index in [4.69, 9.17) is 4.42 Å². The summed E-state index contributed by atoms with van der Waals surface area (Å²) in [6.07, 6.45) is -2.71. The van der Waals surface area contributed by atoms with Crippen LogP contribution < -0.4 is 0 Å². The SMILES string of the molecule is FC(F)c1nnc(-c2ccsc2)o1. The zero-order valence-corrected chi connectivity index (χ0v) is 7.09. The van der Waals surface area contributed by atoms with E-state index in [9.17, 15) is 8.78 Å². The van der Waals surface area contributed by atoms with E-state index in [0.29, 0.717) is 5.56 Å². The van der Waals surface area contributed by atoms with Gasteiger partial charge in [0, 0.05) is 10.9 Å². The average molecular weight is 202 g/mol. The van der Waals surface area contributed by atoms with Crippen LogP contribution in [-0.4, -0.2) is 10.2 Å². The van der Waals surface area contributed by atoms with Gasteiger partial charge in [-0.3, -0.25) is 0 Å². The molecule has 0 aliphatic heterocycles. The van der Waals surface area contributed by atoms with Crippen LogP contribution in [0.2, 0.25) is 0 Å². The van der Waals surface area contributed by atoms with Crippen molar-refractivity contribution in [2.75, 3.05) is 0 Å². The van der Waals surface area contributed by atoms with E-state index in [1.165, 1.54) is 11.3 Å². The number of nitrogens with zero attached hydrogens (tertiary/aromatic N) is 2. The second-order valence-electron chi connectivity index (χ2n) is 2.26. The van der Waals surface area contributed by atoms with Gasteiger partial charge >= 0.3 is 6.43 Å². The van der Waals surface area contributed by atoms with Crippen LogP contribution in [0.3, 0.4) is 0 Å². The quantitative estimate of drug-likeness (QED) is 0.751. The molecule has 0 N–H and O–H groups in total. The topological polar surface area (TPSA) is 38.9 Å². The molecular formula is C7H4F2N2OS. The first kappa shape index (κ1) is 8.31. The van der Waals surface area contributed by atoms with Crippen molar-refractivity contribution in [1.29, 1.82) is 0 Å². The first-order chi connectivity index (χ1) is 6.27. The normalized spacial score (nSPS) is 11.0. The molecule has 0 bridgehead atoms. The number of aromatic nitrogens is 2. The Morgan fingerprint density at radius 2 is 2.23 bits per heavy atom. The van der Waals surface area contributed by atoms with Gasteiger partial charge in [0.2, 0.25) is 5.89 Å². The molecule has 0 aromatic carbocycles. The summed E-state index contributed by atoms with van der Waals surface area (Å²) in [4.78, 5) is 0. The lowest BCUT2D eigenvalue weighted by molar-refractivity contribution is 0.116. The average Bonchev–Trinajstić information content (AvgIpc) is 2.75. The molecule has 68 valence electrons. The van der Waals surface area contributed by atoms with Gasteiger partial charge in [-0.05, 0) is 11.4 Å².